The summed E-state index contributed by atoms with van der Waals surface area (Å²) in [5.74, 6) is -0.194. The number of likely N-dealkylation sites (N-methyl/N-ethyl adjacent to an activating group) is 1. The topological polar surface area (TPSA) is 108 Å². The molecule has 3 unspecified atom stereocenters. The van der Waals surface area contributed by atoms with E-state index in [2.05, 4.69) is 19.2 Å². The summed E-state index contributed by atoms with van der Waals surface area (Å²) in [5, 5.41) is 13.8. The zero-order valence-electron chi connectivity index (χ0n) is 42.8. The number of amides is 1. The van der Waals surface area contributed by atoms with Crippen LogP contribution in [0.5, 0.6) is 0 Å². The number of aliphatic hydroxyl groups excluding tert-OH is 1. The Balaban J connectivity index is 4.08. The summed E-state index contributed by atoms with van der Waals surface area (Å²) < 4.78 is 23.3. The molecule has 376 valence electrons. The number of aliphatic hydroxyl groups is 1. The predicted octanol–water partition coefficient (Wildman–Crippen LogP) is 15.6. The van der Waals surface area contributed by atoms with Gasteiger partial charge >= 0.3 is 0 Å². The normalized spacial score (nSPS) is 14.1. The number of hydrogen-bond donors (Lipinski definition) is 2. The van der Waals surface area contributed by atoms with Crippen LogP contribution in [0.15, 0.2) is 12.2 Å². The highest BCUT2D eigenvalue weighted by molar-refractivity contribution is 7.45. The summed E-state index contributed by atoms with van der Waals surface area (Å²) in [6.07, 6.45) is 55.8. The van der Waals surface area contributed by atoms with Crippen molar-refractivity contribution in [3.63, 3.8) is 0 Å². The number of carbonyl (C=O) groups is 1. The monoisotopic (exact) mass is 913 g/mol. The Hall–Kier alpha value is -0.760. The van der Waals surface area contributed by atoms with Crippen LogP contribution in [-0.2, 0) is 18.4 Å². The first kappa shape index (κ1) is 62.2. The molecule has 0 aliphatic carbocycles. The highest BCUT2D eigenvalue weighted by Crippen LogP contribution is 2.38. The van der Waals surface area contributed by atoms with Gasteiger partial charge in [0, 0.05) is 6.42 Å². The summed E-state index contributed by atoms with van der Waals surface area (Å²) in [6.45, 7) is 4.68. The molecule has 1 amide bonds. The lowest BCUT2D eigenvalue weighted by molar-refractivity contribution is -0.870. The molecule has 0 aromatic heterocycles. The van der Waals surface area contributed by atoms with Crippen LogP contribution in [0.4, 0.5) is 0 Å². The summed E-state index contributed by atoms with van der Waals surface area (Å²) >= 11 is 0. The van der Waals surface area contributed by atoms with Crippen LogP contribution in [0.2, 0.25) is 0 Å². The first-order valence-electron chi connectivity index (χ1n) is 27.6. The van der Waals surface area contributed by atoms with Crippen molar-refractivity contribution in [2.75, 3.05) is 40.9 Å². The van der Waals surface area contributed by atoms with E-state index in [0.29, 0.717) is 17.4 Å². The molecule has 0 bridgehead atoms. The van der Waals surface area contributed by atoms with Crippen molar-refractivity contribution in [2.45, 2.75) is 289 Å². The van der Waals surface area contributed by atoms with E-state index in [1.165, 1.54) is 218 Å². The van der Waals surface area contributed by atoms with Crippen LogP contribution in [0.3, 0.4) is 0 Å². The highest BCUT2D eigenvalue weighted by atomic mass is 31.2. The van der Waals surface area contributed by atoms with Crippen LogP contribution >= 0.6 is 7.82 Å². The van der Waals surface area contributed by atoms with E-state index >= 15 is 0 Å². The molecule has 0 aliphatic rings. The van der Waals surface area contributed by atoms with E-state index in [9.17, 15) is 19.4 Å². The molecule has 0 aromatic rings. The van der Waals surface area contributed by atoms with Crippen LogP contribution in [-0.4, -0.2) is 68.5 Å². The second-order valence-electron chi connectivity index (χ2n) is 20.3. The standard InChI is InChI=1S/C54H109N2O6P/c1-6-8-10-12-14-16-18-20-21-22-23-24-25-26-27-28-29-30-31-32-33-34-35-36-37-39-41-43-45-47-53(57)52(51-62-63(59,60)61-50-49-56(3,4)5)55-54(58)48-46-44-42-40-38-19-17-15-13-11-9-7-2/h45,47,52-53,57H,6-44,46,48-51H2,1-5H3,(H-,55,58,59,60)/b47-45+. The highest BCUT2D eigenvalue weighted by Gasteiger charge is 2.23. The van der Waals surface area contributed by atoms with Crippen molar-refractivity contribution in [1.82, 2.24) is 5.32 Å². The van der Waals surface area contributed by atoms with Gasteiger partial charge in [-0.05, 0) is 19.3 Å². The molecular formula is C54H109N2O6P. The van der Waals surface area contributed by atoms with E-state index in [4.69, 9.17) is 9.05 Å². The minimum atomic E-state index is -4.59. The van der Waals surface area contributed by atoms with Crippen molar-refractivity contribution in [1.29, 1.82) is 0 Å². The number of allylic oxidation sites excluding steroid dienone is 1. The molecule has 3 atom stereocenters. The van der Waals surface area contributed by atoms with Gasteiger partial charge in [-0.2, -0.15) is 0 Å². The van der Waals surface area contributed by atoms with Crippen molar-refractivity contribution < 1.29 is 32.9 Å². The number of carbonyl (C=O) groups excluding carboxylic acids is 1. The minimum absolute atomic E-state index is 0.00235. The molecule has 0 radical (unpaired) electrons. The Bertz CT molecular complexity index is 1040. The SMILES string of the molecule is CCCCCCCCCCCCCCCCCCCCCCCCCCCCC/C=C/C(O)C(COP(=O)([O-])OCC[N+](C)(C)C)NC(=O)CCCCCCCCCCCCCC. The molecule has 9 heteroatoms. The average molecular weight is 913 g/mol. The minimum Gasteiger partial charge on any atom is -0.756 e. The van der Waals surface area contributed by atoms with Crippen molar-refractivity contribution >= 4 is 13.7 Å². The van der Waals surface area contributed by atoms with Gasteiger partial charge in [-0.15, -0.1) is 0 Å². The fourth-order valence-electron chi connectivity index (χ4n) is 8.39. The van der Waals surface area contributed by atoms with E-state index in [0.717, 1.165) is 38.5 Å². The predicted molar refractivity (Wildman–Crippen MR) is 270 cm³/mol. The van der Waals surface area contributed by atoms with Gasteiger partial charge in [0.2, 0.25) is 5.91 Å². The van der Waals surface area contributed by atoms with Crippen molar-refractivity contribution in [2.24, 2.45) is 0 Å². The quantitative estimate of drug-likeness (QED) is 0.0272. The van der Waals surface area contributed by atoms with Gasteiger partial charge < -0.3 is 28.8 Å². The second kappa shape index (κ2) is 46.4. The van der Waals surface area contributed by atoms with E-state index < -0.39 is 20.0 Å². The van der Waals surface area contributed by atoms with Gasteiger partial charge in [-0.25, -0.2) is 0 Å². The fraction of sp³-hybridized carbons (Fsp3) is 0.944. The molecule has 0 heterocycles. The lowest BCUT2D eigenvalue weighted by atomic mass is 10.0. The molecule has 63 heavy (non-hydrogen) atoms. The first-order valence-corrected chi connectivity index (χ1v) is 29.0. The number of nitrogens with zero attached hydrogens (tertiary/aromatic N) is 1. The maximum atomic E-state index is 12.9. The maximum absolute atomic E-state index is 12.9. The molecule has 0 aromatic carbocycles. The first-order chi connectivity index (χ1) is 30.5. The maximum Gasteiger partial charge on any atom is 0.268 e. The van der Waals surface area contributed by atoms with Gasteiger partial charge in [0.25, 0.3) is 7.82 Å². The number of phosphoric ester groups is 1. The Labute approximate surface area is 392 Å². The Morgan fingerprint density at radius 3 is 1.19 bits per heavy atom. The van der Waals surface area contributed by atoms with Crippen molar-refractivity contribution in [3.05, 3.63) is 12.2 Å². The third kappa shape index (κ3) is 49.0. The Morgan fingerprint density at radius 1 is 0.540 bits per heavy atom. The molecular weight excluding hydrogens is 804 g/mol. The lowest BCUT2D eigenvalue weighted by Crippen LogP contribution is -2.45. The fourth-order valence-corrected chi connectivity index (χ4v) is 9.11. The number of quaternary nitrogens is 1. The molecule has 0 saturated heterocycles. The summed E-state index contributed by atoms with van der Waals surface area (Å²) in [7, 11) is 1.28. The van der Waals surface area contributed by atoms with E-state index in [-0.39, 0.29) is 19.1 Å². The zero-order chi connectivity index (χ0) is 46.4. The largest absolute Gasteiger partial charge is 0.756 e. The van der Waals surface area contributed by atoms with Crippen LogP contribution in [0.1, 0.15) is 277 Å². The van der Waals surface area contributed by atoms with Gasteiger partial charge in [0.1, 0.15) is 13.2 Å². The van der Waals surface area contributed by atoms with Crippen LogP contribution < -0.4 is 10.2 Å². The lowest BCUT2D eigenvalue weighted by Gasteiger charge is -2.29. The summed E-state index contributed by atoms with van der Waals surface area (Å²) in [6, 6.07) is -0.880. The number of phosphoric acid groups is 1. The van der Waals surface area contributed by atoms with Gasteiger partial charge in [-0.3, -0.25) is 9.36 Å². The van der Waals surface area contributed by atoms with Crippen LogP contribution in [0.25, 0.3) is 0 Å². The zero-order valence-corrected chi connectivity index (χ0v) is 43.7. The van der Waals surface area contributed by atoms with Gasteiger partial charge in [0.15, 0.2) is 0 Å². The molecule has 0 aliphatic heterocycles. The number of nitrogens with one attached hydrogen (secondary N) is 1. The number of rotatable bonds is 51. The molecule has 0 spiro atoms. The molecule has 2 N–H and O–H groups in total. The summed E-state index contributed by atoms with van der Waals surface area (Å²) in [4.78, 5) is 25.4. The number of hydrogen-bond acceptors (Lipinski definition) is 6. The molecule has 8 nitrogen and oxygen atoms in total. The summed E-state index contributed by atoms with van der Waals surface area (Å²) in [5.41, 5.74) is 0. The number of unbranched alkanes of at least 4 members (excludes halogenated alkanes) is 38. The third-order valence-electron chi connectivity index (χ3n) is 12.7. The molecule has 0 rings (SSSR count). The third-order valence-corrected chi connectivity index (χ3v) is 13.7. The van der Waals surface area contributed by atoms with Gasteiger partial charge in [-0.1, -0.05) is 264 Å². The smallest absolute Gasteiger partial charge is 0.268 e. The second-order valence-corrected chi connectivity index (χ2v) is 21.7. The Morgan fingerprint density at radius 2 is 0.857 bits per heavy atom. The molecule has 0 saturated carbocycles. The van der Waals surface area contributed by atoms with Gasteiger partial charge in [0.05, 0.1) is 39.9 Å². The molecule has 0 fully saturated rings. The Kier molecular flexibility index (Phi) is 45.8. The van der Waals surface area contributed by atoms with Crippen molar-refractivity contribution in [3.8, 4) is 0 Å². The van der Waals surface area contributed by atoms with E-state index in [1.807, 2.05) is 27.2 Å². The average Bonchev–Trinajstić information content (AvgIpc) is 3.24. The van der Waals surface area contributed by atoms with Crippen LogP contribution in [0, 0.1) is 0 Å². The van der Waals surface area contributed by atoms with E-state index in [1.54, 1.807) is 6.08 Å².